The first-order valence-corrected chi connectivity index (χ1v) is 9.74. The predicted octanol–water partition coefficient (Wildman–Crippen LogP) is -3.47. The molecule has 0 amide bonds. The first-order chi connectivity index (χ1) is 14.7. The fourth-order valence-electron chi connectivity index (χ4n) is 3.39. The zero-order valence-electron chi connectivity index (χ0n) is 16.4. The number of phenols is 1. The van der Waals surface area contributed by atoms with Gasteiger partial charge in [-0.1, -0.05) is 18.2 Å². The number of aliphatic hydroxyl groups excluding tert-OH is 7. The molecule has 2 aliphatic rings. The molecule has 31 heavy (non-hydrogen) atoms. The molecule has 8 N–H and O–H groups in total. The van der Waals surface area contributed by atoms with Crippen molar-refractivity contribution >= 4 is 0 Å². The van der Waals surface area contributed by atoms with E-state index in [4.69, 9.17) is 18.9 Å². The van der Waals surface area contributed by atoms with E-state index in [1.54, 1.807) is 18.2 Å². The van der Waals surface area contributed by atoms with Crippen molar-refractivity contribution in [2.75, 3.05) is 13.2 Å². The lowest BCUT2D eigenvalue weighted by molar-refractivity contribution is -0.332. The van der Waals surface area contributed by atoms with Gasteiger partial charge in [-0.05, 0) is 6.07 Å². The second-order valence-electron chi connectivity index (χ2n) is 7.49. The summed E-state index contributed by atoms with van der Waals surface area (Å²) < 4.78 is 21.5. The maximum atomic E-state index is 10.2. The van der Waals surface area contributed by atoms with Crippen molar-refractivity contribution in [2.45, 2.75) is 68.0 Å². The summed E-state index contributed by atoms with van der Waals surface area (Å²) in [6.45, 7) is -1.25. The third kappa shape index (κ3) is 5.32. The van der Waals surface area contributed by atoms with Crippen LogP contribution in [0.1, 0.15) is 5.56 Å². The minimum Gasteiger partial charge on any atom is -0.508 e. The molecule has 3 rings (SSSR count). The Hall–Kier alpha value is -1.42. The second-order valence-corrected chi connectivity index (χ2v) is 7.49. The first kappa shape index (κ1) is 24.2. The molecule has 0 aliphatic carbocycles. The van der Waals surface area contributed by atoms with E-state index in [1.165, 1.54) is 6.07 Å². The molecule has 176 valence electrons. The van der Waals surface area contributed by atoms with Crippen molar-refractivity contribution < 1.29 is 59.8 Å². The number of ether oxygens (including phenoxy) is 4. The Labute approximate surface area is 177 Å². The van der Waals surface area contributed by atoms with Gasteiger partial charge in [0.25, 0.3) is 0 Å². The average molecular weight is 448 g/mol. The van der Waals surface area contributed by atoms with E-state index < -0.39 is 74.6 Å². The van der Waals surface area contributed by atoms with Crippen LogP contribution in [0, 0.1) is 0 Å². The molecular formula is C19H28O12. The summed E-state index contributed by atoms with van der Waals surface area (Å²) in [6.07, 6.45) is -14.9. The summed E-state index contributed by atoms with van der Waals surface area (Å²) in [4.78, 5) is 0. The molecule has 1 aromatic rings. The Bertz CT molecular complexity index is 702. The predicted molar refractivity (Wildman–Crippen MR) is 99.3 cm³/mol. The van der Waals surface area contributed by atoms with E-state index in [9.17, 15) is 40.9 Å². The number of phenolic OH excluding ortho intramolecular Hbond substituents is 1. The molecule has 10 atom stereocenters. The van der Waals surface area contributed by atoms with Crippen molar-refractivity contribution in [3.63, 3.8) is 0 Å². The SMILES string of the molecule is OC[C@H]1O[C@H](OC[C@H]2O[C@H](OCc3ccccc3O)[C@H](O)[C@@H](O)[C@@H]2O)[C@H](O)[C@@H](O)[C@@H]1O. The van der Waals surface area contributed by atoms with Crippen LogP contribution in [0.3, 0.4) is 0 Å². The fraction of sp³-hybridized carbons (Fsp3) is 0.684. The van der Waals surface area contributed by atoms with Gasteiger partial charge < -0.3 is 59.8 Å². The van der Waals surface area contributed by atoms with Gasteiger partial charge in [0.1, 0.15) is 54.6 Å². The molecule has 2 saturated heterocycles. The molecule has 0 unspecified atom stereocenters. The van der Waals surface area contributed by atoms with Crippen LogP contribution in [0.25, 0.3) is 0 Å². The van der Waals surface area contributed by atoms with E-state index in [0.717, 1.165) is 0 Å². The largest absolute Gasteiger partial charge is 0.508 e. The van der Waals surface area contributed by atoms with E-state index in [1.807, 2.05) is 0 Å². The number of aliphatic hydroxyl groups is 7. The average Bonchev–Trinajstić information content (AvgIpc) is 2.77. The van der Waals surface area contributed by atoms with Crippen molar-refractivity contribution in [1.82, 2.24) is 0 Å². The van der Waals surface area contributed by atoms with Gasteiger partial charge in [-0.25, -0.2) is 0 Å². The quantitative estimate of drug-likeness (QED) is 0.205. The molecule has 0 radical (unpaired) electrons. The van der Waals surface area contributed by atoms with E-state index in [2.05, 4.69) is 0 Å². The standard InChI is InChI=1S/C19H28O12/c20-5-10-12(22)14(24)16(26)19(30-10)29-7-11-13(23)15(25)17(27)18(31-11)28-6-8-3-1-2-4-9(8)21/h1-4,10-27H,5-7H2/t10-,11-,12-,13-,14+,15+,16-,17-,18+,19+/m1/s1. The summed E-state index contributed by atoms with van der Waals surface area (Å²) in [6, 6.07) is 6.34. The molecule has 2 fully saturated rings. The Kier molecular flexibility index (Phi) is 8.18. The van der Waals surface area contributed by atoms with Crippen molar-refractivity contribution in [3.8, 4) is 5.75 Å². The molecule has 2 aliphatic heterocycles. The highest BCUT2D eigenvalue weighted by Gasteiger charge is 2.47. The summed E-state index contributed by atoms with van der Waals surface area (Å²) >= 11 is 0. The molecule has 2 heterocycles. The molecule has 1 aromatic carbocycles. The highest BCUT2D eigenvalue weighted by atomic mass is 16.7. The van der Waals surface area contributed by atoms with Crippen LogP contribution < -0.4 is 0 Å². The molecule has 12 heteroatoms. The molecular weight excluding hydrogens is 420 g/mol. The minimum atomic E-state index is -1.65. The van der Waals surface area contributed by atoms with Gasteiger partial charge in [0.05, 0.1) is 19.8 Å². The topological polar surface area (TPSA) is 199 Å². The summed E-state index contributed by atoms with van der Waals surface area (Å²) in [5, 5.41) is 79.1. The number of para-hydroxylation sites is 1. The van der Waals surface area contributed by atoms with Gasteiger partial charge in [0.2, 0.25) is 0 Å². The van der Waals surface area contributed by atoms with E-state index in [-0.39, 0.29) is 12.4 Å². The Morgan fingerprint density at radius 1 is 0.710 bits per heavy atom. The van der Waals surface area contributed by atoms with Crippen LogP contribution in [-0.2, 0) is 25.6 Å². The number of hydrogen-bond donors (Lipinski definition) is 8. The lowest BCUT2D eigenvalue weighted by Gasteiger charge is -2.42. The highest BCUT2D eigenvalue weighted by Crippen LogP contribution is 2.27. The maximum absolute atomic E-state index is 10.2. The molecule has 0 spiro atoms. The van der Waals surface area contributed by atoms with Gasteiger partial charge in [0.15, 0.2) is 12.6 Å². The third-order valence-electron chi connectivity index (χ3n) is 5.34. The minimum absolute atomic E-state index is 0.0316. The zero-order valence-corrected chi connectivity index (χ0v) is 16.4. The van der Waals surface area contributed by atoms with Gasteiger partial charge in [-0.15, -0.1) is 0 Å². The van der Waals surface area contributed by atoms with Gasteiger partial charge in [-0.3, -0.25) is 0 Å². The lowest BCUT2D eigenvalue weighted by Crippen LogP contribution is -2.61. The number of benzene rings is 1. The molecule has 0 aromatic heterocycles. The highest BCUT2D eigenvalue weighted by molar-refractivity contribution is 5.30. The summed E-state index contributed by atoms with van der Waals surface area (Å²) in [5.74, 6) is -0.0316. The van der Waals surface area contributed by atoms with Crippen LogP contribution in [-0.4, -0.2) is 115 Å². The molecule has 0 saturated carbocycles. The monoisotopic (exact) mass is 448 g/mol. The third-order valence-corrected chi connectivity index (χ3v) is 5.34. The van der Waals surface area contributed by atoms with Gasteiger partial charge >= 0.3 is 0 Å². The van der Waals surface area contributed by atoms with E-state index >= 15 is 0 Å². The van der Waals surface area contributed by atoms with Crippen LogP contribution in [0.4, 0.5) is 0 Å². The fourth-order valence-corrected chi connectivity index (χ4v) is 3.39. The Morgan fingerprint density at radius 2 is 1.26 bits per heavy atom. The van der Waals surface area contributed by atoms with Gasteiger partial charge in [-0.2, -0.15) is 0 Å². The number of rotatable bonds is 7. The number of hydrogen-bond acceptors (Lipinski definition) is 12. The second kappa shape index (κ2) is 10.5. The van der Waals surface area contributed by atoms with Gasteiger partial charge in [0, 0.05) is 5.56 Å². The summed E-state index contributed by atoms with van der Waals surface area (Å²) in [5.41, 5.74) is 0.410. The van der Waals surface area contributed by atoms with Crippen LogP contribution in [0.5, 0.6) is 5.75 Å². The summed E-state index contributed by atoms with van der Waals surface area (Å²) in [7, 11) is 0. The smallest absolute Gasteiger partial charge is 0.187 e. The maximum Gasteiger partial charge on any atom is 0.187 e. The molecule has 0 bridgehead atoms. The number of aromatic hydroxyl groups is 1. The normalized spacial score (nSPS) is 41.3. The van der Waals surface area contributed by atoms with Crippen molar-refractivity contribution in [2.24, 2.45) is 0 Å². The van der Waals surface area contributed by atoms with E-state index in [0.29, 0.717) is 5.56 Å². The molecule has 12 nitrogen and oxygen atoms in total. The first-order valence-electron chi connectivity index (χ1n) is 9.74. The Balaban J connectivity index is 1.60. The van der Waals surface area contributed by atoms with Crippen LogP contribution in [0.15, 0.2) is 24.3 Å². The zero-order chi connectivity index (χ0) is 22.7. The Morgan fingerprint density at radius 3 is 1.87 bits per heavy atom. The van der Waals surface area contributed by atoms with Crippen molar-refractivity contribution in [1.29, 1.82) is 0 Å². The van der Waals surface area contributed by atoms with Crippen LogP contribution >= 0.6 is 0 Å². The van der Waals surface area contributed by atoms with Crippen LogP contribution in [0.2, 0.25) is 0 Å². The lowest BCUT2D eigenvalue weighted by atomic mass is 9.98. The van der Waals surface area contributed by atoms with Crippen molar-refractivity contribution in [3.05, 3.63) is 29.8 Å².